The Balaban J connectivity index is 1.86. The molecule has 5 heteroatoms. The number of carbonyl (C=O) groups excluding carboxylic acids is 1. The quantitative estimate of drug-likeness (QED) is 0.633. The standard InChI is InChI=1S/C16H10N2O3/c19-15-10-5-9-7-18-4-2-1-3-12(18)14(9)17-11(10)6-13-16(15)21-8-20-13/h1-7,16H,8H2. The first-order valence-electron chi connectivity index (χ1n) is 6.72. The summed E-state index contributed by atoms with van der Waals surface area (Å²) in [4.78, 5) is 17.1. The lowest BCUT2D eigenvalue weighted by molar-refractivity contribution is 0.0431. The monoisotopic (exact) mass is 278 g/mol. The lowest BCUT2D eigenvalue weighted by Crippen LogP contribution is -2.25. The minimum atomic E-state index is -0.603. The zero-order valence-electron chi connectivity index (χ0n) is 10.9. The summed E-state index contributed by atoms with van der Waals surface area (Å²) in [6, 6.07) is 7.84. The molecule has 0 amide bonds. The predicted molar refractivity (Wildman–Crippen MR) is 75.8 cm³/mol. The van der Waals surface area contributed by atoms with E-state index in [4.69, 9.17) is 9.47 Å². The van der Waals surface area contributed by atoms with E-state index in [1.807, 2.05) is 41.1 Å². The minimum absolute atomic E-state index is 0.0790. The molecule has 5 nitrogen and oxygen atoms in total. The average Bonchev–Trinajstić information content (AvgIpc) is 3.10. The molecule has 0 spiro atoms. The number of nitrogens with zero attached hydrogens (tertiary/aromatic N) is 2. The second kappa shape index (κ2) is 3.71. The Hall–Kier alpha value is -2.66. The maximum absolute atomic E-state index is 12.5. The van der Waals surface area contributed by atoms with Gasteiger partial charge in [0, 0.05) is 29.4 Å². The van der Waals surface area contributed by atoms with Crippen LogP contribution in [0.3, 0.4) is 0 Å². The van der Waals surface area contributed by atoms with E-state index >= 15 is 0 Å². The highest BCUT2D eigenvalue weighted by molar-refractivity contribution is 6.09. The maximum Gasteiger partial charge on any atom is 0.201 e. The third kappa shape index (κ3) is 1.38. The third-order valence-electron chi connectivity index (χ3n) is 3.99. The Morgan fingerprint density at radius 3 is 3.24 bits per heavy atom. The van der Waals surface area contributed by atoms with Crippen LogP contribution in [0.25, 0.3) is 22.5 Å². The van der Waals surface area contributed by atoms with Gasteiger partial charge in [-0.15, -0.1) is 0 Å². The van der Waals surface area contributed by atoms with Crippen LogP contribution >= 0.6 is 0 Å². The van der Waals surface area contributed by atoms with Crippen molar-refractivity contribution in [2.75, 3.05) is 6.79 Å². The van der Waals surface area contributed by atoms with Crippen molar-refractivity contribution in [2.24, 2.45) is 0 Å². The van der Waals surface area contributed by atoms with Gasteiger partial charge < -0.3 is 13.9 Å². The van der Waals surface area contributed by atoms with Crippen LogP contribution < -0.4 is 0 Å². The molecule has 0 aromatic carbocycles. The average molecular weight is 278 g/mol. The van der Waals surface area contributed by atoms with Crippen LogP contribution in [0, 0.1) is 0 Å². The molecular formula is C16H10N2O3. The molecule has 102 valence electrons. The van der Waals surface area contributed by atoms with Gasteiger partial charge in [-0.2, -0.15) is 0 Å². The van der Waals surface area contributed by atoms with Gasteiger partial charge in [0.05, 0.1) is 16.7 Å². The molecule has 0 saturated carbocycles. The lowest BCUT2D eigenvalue weighted by Gasteiger charge is -2.15. The molecule has 1 atom stereocenters. The van der Waals surface area contributed by atoms with Crippen LogP contribution in [0.15, 0.2) is 42.4 Å². The van der Waals surface area contributed by atoms with Crippen molar-refractivity contribution in [1.29, 1.82) is 0 Å². The van der Waals surface area contributed by atoms with Gasteiger partial charge in [0.25, 0.3) is 0 Å². The SMILES string of the molecule is O=C1c2cc3cn4ccccc4c3nc2C=C2OCOC12. The van der Waals surface area contributed by atoms with Gasteiger partial charge in [0.15, 0.2) is 12.9 Å². The first-order chi connectivity index (χ1) is 10.3. The Morgan fingerprint density at radius 1 is 1.33 bits per heavy atom. The summed E-state index contributed by atoms with van der Waals surface area (Å²) in [5.41, 5.74) is 3.15. The topological polar surface area (TPSA) is 52.8 Å². The Labute approximate surface area is 119 Å². The molecule has 3 aromatic heterocycles. The first kappa shape index (κ1) is 11.0. The molecular weight excluding hydrogens is 268 g/mol. The summed E-state index contributed by atoms with van der Waals surface area (Å²) >= 11 is 0. The summed E-state index contributed by atoms with van der Waals surface area (Å²) in [6.45, 7) is 0.126. The molecule has 21 heavy (non-hydrogen) atoms. The molecule has 1 saturated heterocycles. The first-order valence-corrected chi connectivity index (χ1v) is 6.72. The lowest BCUT2D eigenvalue weighted by atomic mass is 9.96. The molecule has 2 aliphatic rings. The number of carbonyl (C=O) groups is 1. The minimum Gasteiger partial charge on any atom is -0.468 e. The highest BCUT2D eigenvalue weighted by Gasteiger charge is 2.37. The van der Waals surface area contributed by atoms with Crippen molar-refractivity contribution in [2.45, 2.75) is 6.10 Å². The summed E-state index contributed by atoms with van der Waals surface area (Å²) in [5.74, 6) is 0.479. The third-order valence-corrected chi connectivity index (χ3v) is 3.99. The van der Waals surface area contributed by atoms with E-state index in [-0.39, 0.29) is 12.6 Å². The normalized spacial score (nSPS) is 20.3. The zero-order chi connectivity index (χ0) is 14.0. The summed E-state index contributed by atoms with van der Waals surface area (Å²) < 4.78 is 12.7. The fraction of sp³-hybridized carbons (Fsp3) is 0.125. The smallest absolute Gasteiger partial charge is 0.201 e. The van der Waals surface area contributed by atoms with Crippen molar-refractivity contribution in [3.8, 4) is 0 Å². The summed E-state index contributed by atoms with van der Waals surface area (Å²) in [7, 11) is 0. The maximum atomic E-state index is 12.5. The van der Waals surface area contributed by atoms with Crippen molar-refractivity contribution in [1.82, 2.24) is 9.38 Å². The Morgan fingerprint density at radius 2 is 2.29 bits per heavy atom. The number of rotatable bonds is 0. The van der Waals surface area contributed by atoms with Crippen molar-refractivity contribution < 1.29 is 14.3 Å². The Kier molecular flexibility index (Phi) is 1.95. The molecule has 1 aliphatic carbocycles. The number of Topliss-reactive ketones (excluding diaryl/α,β-unsaturated/α-hetero) is 1. The summed E-state index contributed by atoms with van der Waals surface area (Å²) in [6.07, 6.45) is 5.15. The van der Waals surface area contributed by atoms with Gasteiger partial charge in [-0.3, -0.25) is 4.79 Å². The molecule has 0 N–H and O–H groups in total. The molecule has 5 rings (SSSR count). The van der Waals surface area contributed by atoms with Crippen LogP contribution in [-0.4, -0.2) is 28.1 Å². The number of fused-ring (bicyclic) bond motifs is 5. The van der Waals surface area contributed by atoms with Crippen LogP contribution in [-0.2, 0) is 9.47 Å². The fourth-order valence-corrected chi connectivity index (χ4v) is 3.00. The number of hydrogen-bond donors (Lipinski definition) is 0. The molecule has 1 fully saturated rings. The van der Waals surface area contributed by atoms with Gasteiger partial charge >= 0.3 is 0 Å². The van der Waals surface area contributed by atoms with Gasteiger partial charge in [-0.05, 0) is 18.2 Å². The number of pyridine rings is 2. The van der Waals surface area contributed by atoms with Gasteiger partial charge in [0.2, 0.25) is 5.78 Å². The molecule has 4 heterocycles. The second-order valence-electron chi connectivity index (χ2n) is 5.20. The molecule has 1 unspecified atom stereocenters. The van der Waals surface area contributed by atoms with E-state index in [9.17, 15) is 4.79 Å². The fourth-order valence-electron chi connectivity index (χ4n) is 3.00. The van der Waals surface area contributed by atoms with Gasteiger partial charge in [-0.25, -0.2) is 4.98 Å². The Bertz CT molecular complexity index is 955. The van der Waals surface area contributed by atoms with Crippen LogP contribution in [0.1, 0.15) is 16.1 Å². The number of hydrogen-bond acceptors (Lipinski definition) is 4. The number of ketones is 1. The van der Waals surface area contributed by atoms with E-state index in [1.165, 1.54) is 0 Å². The van der Waals surface area contributed by atoms with Crippen molar-refractivity contribution in [3.05, 3.63) is 53.7 Å². The van der Waals surface area contributed by atoms with E-state index < -0.39 is 6.10 Å². The van der Waals surface area contributed by atoms with Crippen LogP contribution in [0.5, 0.6) is 0 Å². The largest absolute Gasteiger partial charge is 0.468 e. The highest BCUT2D eigenvalue weighted by atomic mass is 16.7. The van der Waals surface area contributed by atoms with E-state index in [0.29, 0.717) is 17.0 Å². The van der Waals surface area contributed by atoms with Gasteiger partial charge in [-0.1, -0.05) is 6.07 Å². The van der Waals surface area contributed by atoms with Crippen LogP contribution in [0.4, 0.5) is 0 Å². The predicted octanol–water partition coefficient (Wildman–Crippen LogP) is 2.40. The van der Waals surface area contributed by atoms with Crippen molar-refractivity contribution in [3.63, 3.8) is 0 Å². The van der Waals surface area contributed by atoms with E-state index in [2.05, 4.69) is 4.98 Å². The summed E-state index contributed by atoms with van der Waals surface area (Å²) in [5, 5.41) is 0.948. The van der Waals surface area contributed by atoms with E-state index in [1.54, 1.807) is 6.08 Å². The van der Waals surface area contributed by atoms with Crippen molar-refractivity contribution >= 4 is 28.3 Å². The van der Waals surface area contributed by atoms with Gasteiger partial charge in [0.1, 0.15) is 5.76 Å². The number of aromatic nitrogens is 2. The second-order valence-corrected chi connectivity index (χ2v) is 5.20. The molecule has 3 aromatic rings. The zero-order valence-corrected chi connectivity index (χ0v) is 10.9. The highest BCUT2D eigenvalue weighted by Crippen LogP contribution is 2.32. The van der Waals surface area contributed by atoms with Crippen LogP contribution in [0.2, 0.25) is 0 Å². The molecule has 1 aliphatic heterocycles. The van der Waals surface area contributed by atoms with E-state index in [0.717, 1.165) is 16.4 Å². The molecule has 0 bridgehead atoms. The number of ether oxygens (including phenoxy) is 2. The molecule has 0 radical (unpaired) electrons.